The molecule has 16 heavy (non-hydrogen) atoms. The van der Waals surface area contributed by atoms with Crippen LogP contribution in [0.2, 0.25) is 5.02 Å². The average molecular weight is 237 g/mol. The molecule has 3 N–H and O–H groups in total. The third kappa shape index (κ3) is 1.90. The zero-order chi connectivity index (χ0) is 11.7. The predicted molar refractivity (Wildman–Crippen MR) is 61.9 cm³/mol. The number of phenols is 3. The van der Waals surface area contributed by atoms with Gasteiger partial charge in [-0.05, 0) is 36.4 Å². The summed E-state index contributed by atoms with van der Waals surface area (Å²) in [5, 5.41) is 29.1. The van der Waals surface area contributed by atoms with Gasteiger partial charge in [-0.3, -0.25) is 0 Å². The van der Waals surface area contributed by atoms with E-state index in [4.69, 9.17) is 11.6 Å². The molecular weight excluding hydrogens is 228 g/mol. The van der Waals surface area contributed by atoms with Crippen LogP contribution in [0.3, 0.4) is 0 Å². The summed E-state index contributed by atoms with van der Waals surface area (Å²) in [5.41, 5.74) is 0.709. The van der Waals surface area contributed by atoms with Crippen molar-refractivity contribution in [2.24, 2.45) is 0 Å². The number of phenolic OH excluding ortho intramolecular Hbond substituents is 3. The molecule has 0 radical (unpaired) electrons. The van der Waals surface area contributed by atoms with Gasteiger partial charge in [0.05, 0.1) is 0 Å². The summed E-state index contributed by atoms with van der Waals surface area (Å²) in [4.78, 5) is 0. The zero-order valence-electron chi connectivity index (χ0n) is 8.18. The molecule has 0 saturated carbocycles. The van der Waals surface area contributed by atoms with Gasteiger partial charge in [-0.2, -0.15) is 0 Å². The molecule has 82 valence electrons. The standard InChI is InChI=1S/C12H9ClO3/c13-7-1-3-11(15)9(5-7)10-6-8(14)2-4-12(10)16/h1-6,14-16H. The Bertz CT molecular complexity index is 488. The largest absolute Gasteiger partial charge is 0.508 e. The number of hydrogen-bond acceptors (Lipinski definition) is 3. The zero-order valence-corrected chi connectivity index (χ0v) is 8.94. The lowest BCUT2D eigenvalue weighted by molar-refractivity contribution is 0.459. The second kappa shape index (κ2) is 3.94. The molecule has 3 nitrogen and oxygen atoms in total. The highest BCUT2D eigenvalue weighted by Gasteiger charge is 2.10. The second-order valence-electron chi connectivity index (χ2n) is 3.36. The molecule has 0 fully saturated rings. The van der Waals surface area contributed by atoms with Gasteiger partial charge in [0.1, 0.15) is 17.2 Å². The van der Waals surface area contributed by atoms with Crippen molar-refractivity contribution in [1.29, 1.82) is 0 Å². The normalized spacial score (nSPS) is 10.3. The lowest BCUT2D eigenvalue weighted by atomic mass is 10.0. The molecule has 0 atom stereocenters. The van der Waals surface area contributed by atoms with Gasteiger partial charge in [-0.1, -0.05) is 11.6 Å². The van der Waals surface area contributed by atoms with E-state index in [2.05, 4.69) is 0 Å². The molecule has 0 aromatic heterocycles. The lowest BCUT2D eigenvalue weighted by Crippen LogP contribution is -1.81. The third-order valence-corrected chi connectivity index (χ3v) is 2.46. The van der Waals surface area contributed by atoms with Crippen LogP contribution in [0.15, 0.2) is 36.4 Å². The fourth-order valence-electron chi connectivity index (χ4n) is 1.46. The lowest BCUT2D eigenvalue weighted by Gasteiger charge is -2.08. The number of aromatic hydroxyl groups is 3. The van der Waals surface area contributed by atoms with E-state index in [0.717, 1.165) is 0 Å². The van der Waals surface area contributed by atoms with Crippen LogP contribution in [0.5, 0.6) is 17.2 Å². The van der Waals surface area contributed by atoms with Gasteiger partial charge < -0.3 is 15.3 Å². The van der Waals surface area contributed by atoms with E-state index in [1.807, 2.05) is 0 Å². The Morgan fingerprint density at radius 2 is 1.31 bits per heavy atom. The Kier molecular flexibility index (Phi) is 2.62. The highest BCUT2D eigenvalue weighted by molar-refractivity contribution is 6.31. The monoisotopic (exact) mass is 236 g/mol. The van der Waals surface area contributed by atoms with Crippen molar-refractivity contribution in [3.63, 3.8) is 0 Å². The maximum Gasteiger partial charge on any atom is 0.123 e. The van der Waals surface area contributed by atoms with Crippen molar-refractivity contribution in [1.82, 2.24) is 0 Å². The Balaban J connectivity index is 2.66. The molecule has 0 aliphatic carbocycles. The molecule has 0 saturated heterocycles. The fraction of sp³-hybridized carbons (Fsp3) is 0. The van der Waals surface area contributed by atoms with Crippen LogP contribution in [-0.4, -0.2) is 15.3 Å². The van der Waals surface area contributed by atoms with Crippen LogP contribution in [0.25, 0.3) is 11.1 Å². The van der Waals surface area contributed by atoms with Gasteiger partial charge in [-0.15, -0.1) is 0 Å². The summed E-state index contributed by atoms with van der Waals surface area (Å²) in [5.74, 6) is -0.0344. The Hall–Kier alpha value is -1.87. The van der Waals surface area contributed by atoms with Crippen LogP contribution >= 0.6 is 11.6 Å². The number of benzene rings is 2. The van der Waals surface area contributed by atoms with Crippen molar-refractivity contribution in [3.05, 3.63) is 41.4 Å². The minimum atomic E-state index is -0.0321. The first-order valence-corrected chi connectivity index (χ1v) is 4.96. The van der Waals surface area contributed by atoms with Crippen LogP contribution in [-0.2, 0) is 0 Å². The van der Waals surface area contributed by atoms with Crippen molar-refractivity contribution in [3.8, 4) is 28.4 Å². The minimum Gasteiger partial charge on any atom is -0.508 e. The molecule has 4 heteroatoms. The molecule has 0 amide bonds. The molecule has 0 bridgehead atoms. The van der Waals surface area contributed by atoms with Gasteiger partial charge in [0, 0.05) is 16.1 Å². The molecule has 0 aliphatic heterocycles. The van der Waals surface area contributed by atoms with E-state index in [1.165, 1.54) is 30.3 Å². The first kappa shape index (κ1) is 10.6. The van der Waals surface area contributed by atoms with Crippen molar-refractivity contribution in [2.75, 3.05) is 0 Å². The first-order chi connectivity index (χ1) is 7.58. The summed E-state index contributed by atoms with van der Waals surface area (Å²) >= 11 is 5.80. The molecule has 2 aromatic rings. The van der Waals surface area contributed by atoms with Gasteiger partial charge in [0.2, 0.25) is 0 Å². The molecule has 2 rings (SSSR count). The summed E-state index contributed by atoms with van der Waals surface area (Å²) in [6.07, 6.45) is 0. The predicted octanol–water partition coefficient (Wildman–Crippen LogP) is 3.12. The smallest absolute Gasteiger partial charge is 0.123 e. The van der Waals surface area contributed by atoms with Gasteiger partial charge in [0.15, 0.2) is 0 Å². The molecule has 0 unspecified atom stereocenters. The van der Waals surface area contributed by atoms with E-state index in [9.17, 15) is 15.3 Å². The molecular formula is C12H9ClO3. The van der Waals surface area contributed by atoms with E-state index in [-0.39, 0.29) is 17.2 Å². The van der Waals surface area contributed by atoms with Crippen LogP contribution in [0.4, 0.5) is 0 Å². The minimum absolute atomic E-state index is 0.00664. The van der Waals surface area contributed by atoms with Crippen molar-refractivity contribution >= 4 is 11.6 Å². The Morgan fingerprint density at radius 3 is 2.00 bits per heavy atom. The third-order valence-electron chi connectivity index (χ3n) is 2.23. The Morgan fingerprint density at radius 1 is 0.750 bits per heavy atom. The highest BCUT2D eigenvalue weighted by Crippen LogP contribution is 2.38. The molecule has 2 aromatic carbocycles. The summed E-state index contributed by atoms with van der Waals surface area (Å²) in [7, 11) is 0. The quantitative estimate of drug-likeness (QED) is 0.667. The van der Waals surface area contributed by atoms with E-state index < -0.39 is 0 Å². The molecule has 0 aliphatic rings. The van der Waals surface area contributed by atoms with Crippen molar-refractivity contribution in [2.45, 2.75) is 0 Å². The fourth-order valence-corrected chi connectivity index (χ4v) is 1.64. The van der Waals surface area contributed by atoms with Gasteiger partial charge in [-0.25, -0.2) is 0 Å². The Labute approximate surface area is 97.2 Å². The van der Waals surface area contributed by atoms with Crippen LogP contribution in [0.1, 0.15) is 0 Å². The van der Waals surface area contributed by atoms with Gasteiger partial charge >= 0.3 is 0 Å². The van der Waals surface area contributed by atoms with Gasteiger partial charge in [0.25, 0.3) is 0 Å². The van der Waals surface area contributed by atoms with E-state index >= 15 is 0 Å². The van der Waals surface area contributed by atoms with Crippen LogP contribution < -0.4 is 0 Å². The average Bonchev–Trinajstić information content (AvgIpc) is 2.25. The molecule has 0 spiro atoms. The first-order valence-electron chi connectivity index (χ1n) is 4.59. The summed E-state index contributed by atoms with van der Waals surface area (Å²) < 4.78 is 0. The maximum absolute atomic E-state index is 9.65. The highest BCUT2D eigenvalue weighted by atomic mass is 35.5. The number of hydrogen-bond donors (Lipinski definition) is 3. The summed E-state index contributed by atoms with van der Waals surface area (Å²) in [6.45, 7) is 0. The maximum atomic E-state index is 9.65. The second-order valence-corrected chi connectivity index (χ2v) is 3.80. The number of halogens is 1. The van der Waals surface area contributed by atoms with E-state index in [1.54, 1.807) is 6.07 Å². The SMILES string of the molecule is Oc1ccc(O)c(-c2cc(Cl)ccc2O)c1. The van der Waals surface area contributed by atoms with E-state index in [0.29, 0.717) is 16.1 Å². The number of rotatable bonds is 1. The van der Waals surface area contributed by atoms with Crippen LogP contribution in [0, 0.1) is 0 Å². The molecule has 0 heterocycles. The van der Waals surface area contributed by atoms with Crippen molar-refractivity contribution < 1.29 is 15.3 Å². The summed E-state index contributed by atoms with van der Waals surface area (Å²) in [6, 6.07) is 8.57. The topological polar surface area (TPSA) is 60.7 Å².